The van der Waals surface area contributed by atoms with Crippen LogP contribution in [0.25, 0.3) is 0 Å². The van der Waals surface area contributed by atoms with E-state index in [2.05, 4.69) is 24.1 Å². The highest BCUT2D eigenvalue weighted by Crippen LogP contribution is 2.19. The van der Waals surface area contributed by atoms with Gasteiger partial charge in [-0.15, -0.1) is 24.8 Å². The Hall–Kier alpha value is -0.0700. The monoisotopic (exact) mass is 357 g/mol. The van der Waals surface area contributed by atoms with Crippen molar-refractivity contribution in [2.75, 3.05) is 32.8 Å². The number of carbonyl (C=O) groups excluding carboxylic acids is 1. The van der Waals surface area contributed by atoms with Crippen molar-refractivity contribution in [3.8, 4) is 0 Å². The van der Waals surface area contributed by atoms with Gasteiger partial charge in [-0.3, -0.25) is 9.69 Å². The van der Waals surface area contributed by atoms with Crippen LogP contribution in [0.4, 0.5) is 0 Å². The summed E-state index contributed by atoms with van der Waals surface area (Å²) in [5, 5.41) is 3.02. The molecule has 1 fully saturated rings. The molecule has 1 aliphatic heterocycles. The second kappa shape index (κ2) is 11.5. The maximum atomic E-state index is 12.0. The summed E-state index contributed by atoms with van der Waals surface area (Å²) in [6.07, 6.45) is 2.25. The smallest absolute Gasteiger partial charge is 0.239 e. The fourth-order valence-corrected chi connectivity index (χ4v) is 2.76. The first-order valence-corrected chi connectivity index (χ1v) is 7.79. The van der Waals surface area contributed by atoms with E-state index >= 15 is 0 Å². The SMILES string of the molecule is CCC(CC)C(CNC(=O)C(C)(C)N)N1CCOCC1.Cl.Cl. The van der Waals surface area contributed by atoms with E-state index in [1.54, 1.807) is 13.8 Å². The molecule has 1 rings (SSSR count). The van der Waals surface area contributed by atoms with Crippen LogP contribution in [0.5, 0.6) is 0 Å². The van der Waals surface area contributed by atoms with Gasteiger partial charge in [0.2, 0.25) is 5.91 Å². The highest BCUT2D eigenvalue weighted by atomic mass is 35.5. The molecular formula is C15H33Cl2N3O2. The van der Waals surface area contributed by atoms with E-state index in [0.717, 1.165) is 39.1 Å². The van der Waals surface area contributed by atoms with Crippen molar-refractivity contribution >= 4 is 30.7 Å². The number of nitrogens with zero attached hydrogens (tertiary/aromatic N) is 1. The molecule has 0 spiro atoms. The number of carbonyl (C=O) groups is 1. The molecule has 134 valence electrons. The van der Waals surface area contributed by atoms with Crippen LogP contribution in [-0.2, 0) is 9.53 Å². The van der Waals surface area contributed by atoms with Gasteiger partial charge in [-0.2, -0.15) is 0 Å². The number of morpholine rings is 1. The Labute approximate surface area is 147 Å². The standard InChI is InChI=1S/C15H31N3O2.2ClH/c1-5-12(6-2)13(18-7-9-20-10-8-18)11-17-14(19)15(3,4)16;;/h12-13H,5-11,16H2,1-4H3,(H,17,19);2*1H. The van der Waals surface area contributed by atoms with Crippen LogP contribution in [0.15, 0.2) is 0 Å². The van der Waals surface area contributed by atoms with Crippen molar-refractivity contribution in [3.63, 3.8) is 0 Å². The van der Waals surface area contributed by atoms with Gasteiger partial charge in [0.25, 0.3) is 0 Å². The van der Waals surface area contributed by atoms with Gasteiger partial charge in [-0.05, 0) is 19.8 Å². The molecule has 7 heteroatoms. The zero-order chi connectivity index (χ0) is 15.2. The molecule has 3 N–H and O–H groups in total. The number of halogens is 2. The van der Waals surface area contributed by atoms with Crippen molar-refractivity contribution in [1.29, 1.82) is 0 Å². The molecule has 0 aromatic carbocycles. The van der Waals surface area contributed by atoms with Crippen LogP contribution in [0, 0.1) is 5.92 Å². The number of rotatable bonds is 7. The van der Waals surface area contributed by atoms with Crippen LogP contribution in [0.3, 0.4) is 0 Å². The third-order valence-electron chi connectivity index (χ3n) is 4.16. The van der Waals surface area contributed by atoms with Crippen LogP contribution < -0.4 is 11.1 Å². The van der Waals surface area contributed by atoms with Crippen molar-refractivity contribution in [2.45, 2.75) is 52.1 Å². The molecule has 1 heterocycles. The van der Waals surface area contributed by atoms with Gasteiger partial charge in [-0.1, -0.05) is 26.7 Å². The maximum Gasteiger partial charge on any atom is 0.239 e. The number of ether oxygens (including phenoxy) is 1. The van der Waals surface area contributed by atoms with Crippen LogP contribution in [0.1, 0.15) is 40.5 Å². The zero-order valence-electron chi connectivity index (χ0n) is 14.3. The molecule has 5 nitrogen and oxygen atoms in total. The van der Waals surface area contributed by atoms with E-state index in [-0.39, 0.29) is 30.7 Å². The third kappa shape index (κ3) is 7.47. The molecule has 1 saturated heterocycles. The summed E-state index contributed by atoms with van der Waals surface area (Å²) in [6.45, 7) is 12.1. The normalized spacial score (nSPS) is 17.4. The van der Waals surface area contributed by atoms with E-state index in [4.69, 9.17) is 10.5 Å². The van der Waals surface area contributed by atoms with Gasteiger partial charge in [0.1, 0.15) is 0 Å². The van der Waals surface area contributed by atoms with Gasteiger partial charge >= 0.3 is 0 Å². The Morgan fingerprint density at radius 3 is 2.14 bits per heavy atom. The third-order valence-corrected chi connectivity index (χ3v) is 4.16. The highest BCUT2D eigenvalue weighted by Gasteiger charge is 2.29. The Morgan fingerprint density at radius 2 is 1.73 bits per heavy atom. The highest BCUT2D eigenvalue weighted by molar-refractivity contribution is 5.85. The molecule has 22 heavy (non-hydrogen) atoms. The molecule has 0 aromatic heterocycles. The van der Waals surface area contributed by atoms with E-state index in [9.17, 15) is 4.79 Å². The molecule has 0 bridgehead atoms. The Bertz CT molecular complexity index is 302. The molecule has 1 unspecified atom stereocenters. The Morgan fingerprint density at radius 1 is 1.23 bits per heavy atom. The lowest BCUT2D eigenvalue weighted by Crippen LogP contribution is -2.56. The quantitative estimate of drug-likeness (QED) is 0.729. The summed E-state index contributed by atoms with van der Waals surface area (Å²) in [5.41, 5.74) is 5.02. The van der Waals surface area contributed by atoms with Crippen molar-refractivity contribution < 1.29 is 9.53 Å². The first kappa shape index (κ1) is 24.2. The summed E-state index contributed by atoms with van der Waals surface area (Å²) in [6, 6.07) is 0.375. The van der Waals surface area contributed by atoms with Gasteiger partial charge < -0.3 is 15.8 Å². The van der Waals surface area contributed by atoms with Crippen molar-refractivity contribution in [1.82, 2.24) is 10.2 Å². The summed E-state index contributed by atoms with van der Waals surface area (Å²) in [5.74, 6) is 0.510. The summed E-state index contributed by atoms with van der Waals surface area (Å²) < 4.78 is 5.43. The fraction of sp³-hybridized carbons (Fsp3) is 0.933. The lowest BCUT2D eigenvalue weighted by atomic mass is 9.92. The Balaban J connectivity index is 0. The lowest BCUT2D eigenvalue weighted by molar-refractivity contribution is -0.125. The molecule has 1 atom stereocenters. The zero-order valence-corrected chi connectivity index (χ0v) is 15.9. The van der Waals surface area contributed by atoms with E-state index in [1.165, 1.54) is 0 Å². The second-order valence-corrected chi connectivity index (χ2v) is 6.22. The average Bonchev–Trinajstić information content (AvgIpc) is 2.43. The number of hydrogen-bond acceptors (Lipinski definition) is 4. The predicted molar refractivity (Wildman–Crippen MR) is 96.0 cm³/mol. The molecule has 0 aliphatic carbocycles. The molecular weight excluding hydrogens is 325 g/mol. The minimum absolute atomic E-state index is 0. The molecule has 1 amide bonds. The largest absolute Gasteiger partial charge is 0.379 e. The first-order chi connectivity index (χ1) is 9.40. The lowest BCUT2D eigenvalue weighted by Gasteiger charge is -2.39. The average molecular weight is 358 g/mol. The topological polar surface area (TPSA) is 67.6 Å². The van der Waals surface area contributed by atoms with Crippen molar-refractivity contribution in [3.05, 3.63) is 0 Å². The maximum absolute atomic E-state index is 12.0. The molecule has 0 saturated carbocycles. The van der Waals surface area contributed by atoms with Gasteiger partial charge in [0, 0.05) is 25.7 Å². The number of nitrogens with two attached hydrogens (primary N) is 1. The summed E-state index contributed by atoms with van der Waals surface area (Å²) in [4.78, 5) is 14.4. The number of hydrogen-bond donors (Lipinski definition) is 2. The minimum Gasteiger partial charge on any atom is -0.379 e. The molecule has 1 aliphatic rings. The van der Waals surface area contributed by atoms with E-state index in [1.807, 2.05) is 0 Å². The summed E-state index contributed by atoms with van der Waals surface area (Å²) >= 11 is 0. The van der Waals surface area contributed by atoms with Crippen LogP contribution in [0.2, 0.25) is 0 Å². The molecule has 0 aromatic rings. The second-order valence-electron chi connectivity index (χ2n) is 6.22. The fourth-order valence-electron chi connectivity index (χ4n) is 2.76. The first-order valence-electron chi connectivity index (χ1n) is 7.79. The van der Waals surface area contributed by atoms with Crippen LogP contribution in [-0.4, -0.2) is 55.2 Å². The number of amides is 1. The Kier molecular flexibility index (Phi) is 12.6. The van der Waals surface area contributed by atoms with E-state index in [0.29, 0.717) is 18.5 Å². The van der Waals surface area contributed by atoms with Crippen LogP contribution >= 0.6 is 24.8 Å². The van der Waals surface area contributed by atoms with E-state index < -0.39 is 5.54 Å². The van der Waals surface area contributed by atoms with Gasteiger partial charge in [0.15, 0.2) is 0 Å². The van der Waals surface area contributed by atoms with Gasteiger partial charge in [0.05, 0.1) is 18.8 Å². The van der Waals surface area contributed by atoms with Gasteiger partial charge in [-0.25, -0.2) is 0 Å². The predicted octanol–water partition coefficient (Wildman–Crippen LogP) is 1.82. The minimum atomic E-state index is -0.816. The number of nitrogens with one attached hydrogen (secondary N) is 1. The van der Waals surface area contributed by atoms with Crippen molar-refractivity contribution in [2.24, 2.45) is 11.7 Å². The summed E-state index contributed by atoms with van der Waals surface area (Å²) in [7, 11) is 0. The molecule has 0 radical (unpaired) electrons.